The molecule has 0 saturated heterocycles. The van der Waals surface area contributed by atoms with E-state index in [-0.39, 0.29) is 23.3 Å². The summed E-state index contributed by atoms with van der Waals surface area (Å²) in [5, 5.41) is 3.31. The summed E-state index contributed by atoms with van der Waals surface area (Å²) in [6.07, 6.45) is 3.69. The van der Waals surface area contributed by atoms with Crippen LogP contribution < -0.4 is 21.3 Å². The SMILES string of the molecule is COc1ccc(NC(=O)C(C)Sc2nc(C3CC3)nc3c2c(=O)[nH]c(=O)n3C2CC2)cc1Cl. The van der Waals surface area contributed by atoms with Crippen LogP contribution in [-0.2, 0) is 4.79 Å². The van der Waals surface area contributed by atoms with Crippen LogP contribution in [-0.4, -0.2) is 37.8 Å². The monoisotopic (exact) mass is 487 g/mol. The molecule has 3 aromatic rings. The van der Waals surface area contributed by atoms with Crippen LogP contribution in [0.25, 0.3) is 11.0 Å². The van der Waals surface area contributed by atoms with E-state index in [1.807, 2.05) is 0 Å². The third-order valence-corrected chi connectivity index (χ3v) is 7.08. The molecule has 0 bridgehead atoms. The van der Waals surface area contributed by atoms with Crippen molar-refractivity contribution in [1.82, 2.24) is 19.5 Å². The smallest absolute Gasteiger partial charge is 0.330 e. The first-order chi connectivity index (χ1) is 15.9. The number of ether oxygens (including phenoxy) is 1. The number of aromatic nitrogens is 4. The van der Waals surface area contributed by atoms with Crippen LogP contribution in [0.15, 0.2) is 32.8 Å². The highest BCUT2D eigenvalue weighted by Crippen LogP contribution is 2.41. The van der Waals surface area contributed by atoms with Crippen molar-refractivity contribution in [3.05, 3.63) is 49.9 Å². The van der Waals surface area contributed by atoms with Crippen molar-refractivity contribution in [3.63, 3.8) is 0 Å². The Morgan fingerprint density at radius 2 is 2.03 bits per heavy atom. The van der Waals surface area contributed by atoms with Gasteiger partial charge in [-0.2, -0.15) is 0 Å². The first kappa shape index (κ1) is 22.0. The number of halogens is 1. The fourth-order valence-electron chi connectivity index (χ4n) is 3.62. The molecule has 2 heterocycles. The topological polar surface area (TPSA) is 119 Å². The Bertz CT molecular complexity index is 1380. The van der Waals surface area contributed by atoms with Crippen molar-refractivity contribution >= 4 is 46.0 Å². The molecule has 2 aliphatic rings. The summed E-state index contributed by atoms with van der Waals surface area (Å²) in [7, 11) is 1.52. The summed E-state index contributed by atoms with van der Waals surface area (Å²) in [6.45, 7) is 1.74. The third kappa shape index (κ3) is 4.37. The zero-order valence-electron chi connectivity index (χ0n) is 18.1. The van der Waals surface area contributed by atoms with E-state index in [4.69, 9.17) is 16.3 Å². The molecular formula is C22H22ClN5O4S. The summed E-state index contributed by atoms with van der Waals surface area (Å²) in [4.78, 5) is 49.8. The highest BCUT2D eigenvalue weighted by Gasteiger charge is 2.33. The van der Waals surface area contributed by atoms with Gasteiger partial charge in [0.15, 0.2) is 5.65 Å². The van der Waals surface area contributed by atoms with Gasteiger partial charge in [-0.05, 0) is 50.8 Å². The number of carbonyl (C=O) groups is 1. The lowest BCUT2D eigenvalue weighted by molar-refractivity contribution is -0.115. The van der Waals surface area contributed by atoms with Crippen molar-refractivity contribution in [1.29, 1.82) is 0 Å². The Morgan fingerprint density at radius 3 is 2.67 bits per heavy atom. The summed E-state index contributed by atoms with van der Waals surface area (Å²) in [6, 6.07) is 5.02. The standard InChI is InChI=1S/C22H22ClN5O4S/c1-10(19(29)24-12-5-8-15(32-2)14(23)9-12)33-21-16-18(25-17(26-21)11-3-4-11)28(13-6-7-13)22(31)27-20(16)30/h5,8-11,13H,3-4,6-7H2,1-2H3,(H,24,29)(H,27,30,31). The lowest BCUT2D eigenvalue weighted by Gasteiger charge is -2.15. The van der Waals surface area contributed by atoms with Gasteiger partial charge < -0.3 is 10.1 Å². The normalized spacial score (nSPS) is 16.6. The number of nitrogens with one attached hydrogen (secondary N) is 2. The molecule has 5 rings (SSSR count). The van der Waals surface area contributed by atoms with Gasteiger partial charge in [-0.3, -0.25) is 19.1 Å². The van der Waals surface area contributed by atoms with Gasteiger partial charge in [0.2, 0.25) is 5.91 Å². The summed E-state index contributed by atoms with van der Waals surface area (Å²) >= 11 is 7.33. The maximum Gasteiger partial charge on any atom is 0.330 e. The first-order valence-corrected chi connectivity index (χ1v) is 12.0. The van der Waals surface area contributed by atoms with Gasteiger partial charge in [-0.1, -0.05) is 23.4 Å². The predicted octanol–water partition coefficient (Wildman–Crippen LogP) is 3.47. The number of hydrogen-bond donors (Lipinski definition) is 2. The number of amides is 1. The molecule has 2 aromatic heterocycles. The zero-order valence-corrected chi connectivity index (χ0v) is 19.6. The number of aromatic amines is 1. The molecule has 2 saturated carbocycles. The number of H-pyrrole nitrogens is 1. The zero-order chi connectivity index (χ0) is 23.3. The van der Waals surface area contributed by atoms with Crippen LogP contribution >= 0.6 is 23.4 Å². The maximum atomic E-state index is 12.9. The fraction of sp³-hybridized carbons (Fsp3) is 0.409. The van der Waals surface area contributed by atoms with Crippen LogP contribution in [0.4, 0.5) is 5.69 Å². The molecule has 2 fully saturated rings. The number of anilines is 1. The van der Waals surface area contributed by atoms with Crippen molar-refractivity contribution < 1.29 is 9.53 Å². The van der Waals surface area contributed by atoms with E-state index >= 15 is 0 Å². The predicted molar refractivity (Wildman–Crippen MR) is 127 cm³/mol. The molecule has 1 unspecified atom stereocenters. The van der Waals surface area contributed by atoms with E-state index in [2.05, 4.69) is 20.3 Å². The average molecular weight is 488 g/mol. The molecule has 0 spiro atoms. The Balaban J connectivity index is 1.48. The van der Waals surface area contributed by atoms with Gasteiger partial charge in [0.25, 0.3) is 5.56 Å². The van der Waals surface area contributed by atoms with Crippen LogP contribution in [0.1, 0.15) is 50.4 Å². The molecule has 0 radical (unpaired) electrons. The van der Waals surface area contributed by atoms with Gasteiger partial charge in [0.1, 0.15) is 22.0 Å². The summed E-state index contributed by atoms with van der Waals surface area (Å²) < 4.78 is 6.71. The number of fused-ring (bicyclic) bond motifs is 1. The maximum absolute atomic E-state index is 12.9. The van der Waals surface area contributed by atoms with E-state index in [0.29, 0.717) is 33.0 Å². The Hall–Kier alpha value is -2.85. The Morgan fingerprint density at radius 1 is 1.27 bits per heavy atom. The second kappa shape index (κ2) is 8.49. The van der Waals surface area contributed by atoms with Crippen LogP contribution in [0.3, 0.4) is 0 Å². The van der Waals surface area contributed by atoms with Gasteiger partial charge in [-0.25, -0.2) is 14.8 Å². The Kier molecular flexibility index (Phi) is 5.65. The molecule has 172 valence electrons. The minimum Gasteiger partial charge on any atom is -0.495 e. The number of benzene rings is 1. The highest BCUT2D eigenvalue weighted by molar-refractivity contribution is 8.00. The number of rotatable bonds is 7. The minimum atomic E-state index is -0.572. The van der Waals surface area contributed by atoms with Gasteiger partial charge in [-0.15, -0.1) is 0 Å². The van der Waals surface area contributed by atoms with Crippen LogP contribution in [0.5, 0.6) is 5.75 Å². The summed E-state index contributed by atoms with van der Waals surface area (Å²) in [5.41, 5.74) is -0.0926. The van der Waals surface area contributed by atoms with E-state index in [9.17, 15) is 14.4 Å². The molecule has 1 aromatic carbocycles. The van der Waals surface area contributed by atoms with Crippen molar-refractivity contribution in [2.24, 2.45) is 0 Å². The number of carbonyl (C=O) groups excluding carboxylic acids is 1. The second-order valence-electron chi connectivity index (χ2n) is 8.32. The van der Waals surface area contributed by atoms with Gasteiger partial charge in [0.05, 0.1) is 17.4 Å². The highest BCUT2D eigenvalue weighted by atomic mass is 35.5. The molecule has 0 aliphatic heterocycles. The molecule has 1 atom stereocenters. The first-order valence-electron chi connectivity index (χ1n) is 10.7. The quantitative estimate of drug-likeness (QED) is 0.387. The molecule has 2 aliphatic carbocycles. The van der Waals surface area contributed by atoms with Crippen LogP contribution in [0.2, 0.25) is 5.02 Å². The molecule has 9 nitrogen and oxygen atoms in total. The second-order valence-corrected chi connectivity index (χ2v) is 10.1. The third-order valence-electron chi connectivity index (χ3n) is 5.70. The number of thioether (sulfide) groups is 1. The van der Waals surface area contributed by atoms with Crippen molar-refractivity contribution in [2.75, 3.05) is 12.4 Å². The van der Waals surface area contributed by atoms with Crippen molar-refractivity contribution in [2.45, 2.75) is 54.8 Å². The molecule has 33 heavy (non-hydrogen) atoms. The lowest BCUT2D eigenvalue weighted by atomic mass is 10.3. The average Bonchev–Trinajstić information content (AvgIpc) is 3.67. The van der Waals surface area contributed by atoms with Crippen LogP contribution in [0, 0.1) is 0 Å². The van der Waals surface area contributed by atoms with E-state index in [1.165, 1.54) is 18.9 Å². The lowest BCUT2D eigenvalue weighted by Crippen LogP contribution is -2.31. The van der Waals surface area contributed by atoms with Crippen molar-refractivity contribution in [3.8, 4) is 5.75 Å². The number of methoxy groups -OCH3 is 1. The largest absolute Gasteiger partial charge is 0.495 e. The Labute approximate surface area is 197 Å². The van der Waals surface area contributed by atoms with Gasteiger partial charge >= 0.3 is 5.69 Å². The molecule has 11 heteroatoms. The van der Waals surface area contributed by atoms with E-state index in [0.717, 1.165) is 25.7 Å². The molecular weight excluding hydrogens is 466 g/mol. The number of nitrogens with zero attached hydrogens (tertiary/aromatic N) is 3. The summed E-state index contributed by atoms with van der Waals surface area (Å²) in [5.74, 6) is 1.09. The molecule has 1 amide bonds. The van der Waals surface area contributed by atoms with E-state index in [1.54, 1.807) is 29.7 Å². The molecule has 2 N–H and O–H groups in total. The van der Waals surface area contributed by atoms with E-state index < -0.39 is 16.5 Å². The minimum absolute atomic E-state index is 0.0391. The number of hydrogen-bond acceptors (Lipinski definition) is 7. The van der Waals surface area contributed by atoms with Gasteiger partial charge in [0, 0.05) is 17.6 Å². The fourth-order valence-corrected chi connectivity index (χ4v) is 4.83.